The molecular formula is C18H17N3O. The van der Waals surface area contributed by atoms with Crippen molar-refractivity contribution >= 4 is 11.6 Å². The van der Waals surface area contributed by atoms with E-state index in [1.54, 1.807) is 19.5 Å². The average Bonchev–Trinajstić information content (AvgIpc) is 2.62. The van der Waals surface area contributed by atoms with Gasteiger partial charge in [0.1, 0.15) is 17.4 Å². The zero-order chi connectivity index (χ0) is 15.2. The van der Waals surface area contributed by atoms with E-state index in [-0.39, 0.29) is 0 Å². The monoisotopic (exact) mass is 291 g/mol. The molecule has 0 fully saturated rings. The quantitative estimate of drug-likeness (QED) is 0.716. The number of rotatable bonds is 5. The van der Waals surface area contributed by atoms with Crippen molar-refractivity contribution in [2.45, 2.75) is 6.54 Å². The molecule has 0 unspecified atom stereocenters. The summed E-state index contributed by atoms with van der Waals surface area (Å²) in [6.07, 6.45) is 3.58. The van der Waals surface area contributed by atoms with E-state index in [9.17, 15) is 0 Å². The number of anilines is 2. The lowest BCUT2D eigenvalue weighted by Crippen LogP contribution is -2.18. The minimum atomic E-state index is 0.692. The summed E-state index contributed by atoms with van der Waals surface area (Å²) in [6, 6.07) is 19.8. The summed E-state index contributed by atoms with van der Waals surface area (Å²) in [5.74, 6) is 2.60. The van der Waals surface area contributed by atoms with Crippen molar-refractivity contribution in [3.63, 3.8) is 0 Å². The predicted molar refractivity (Wildman–Crippen MR) is 87.3 cm³/mol. The Hall–Kier alpha value is -2.88. The molecule has 2 heterocycles. The van der Waals surface area contributed by atoms with Crippen molar-refractivity contribution in [3.05, 3.63) is 78.6 Å². The fourth-order valence-corrected chi connectivity index (χ4v) is 2.22. The van der Waals surface area contributed by atoms with Crippen molar-refractivity contribution < 1.29 is 4.74 Å². The number of nitrogens with zero attached hydrogens (tertiary/aromatic N) is 3. The van der Waals surface area contributed by atoms with Gasteiger partial charge in [0, 0.05) is 12.4 Å². The third-order valence-corrected chi connectivity index (χ3v) is 3.35. The second-order valence-corrected chi connectivity index (χ2v) is 4.81. The molecule has 0 bridgehead atoms. The van der Waals surface area contributed by atoms with E-state index in [1.807, 2.05) is 48.5 Å². The fourth-order valence-electron chi connectivity index (χ4n) is 2.22. The highest BCUT2D eigenvalue weighted by atomic mass is 16.5. The molecule has 110 valence electrons. The smallest absolute Gasteiger partial charge is 0.134 e. The van der Waals surface area contributed by atoms with Crippen LogP contribution in [0.2, 0.25) is 0 Å². The number of ether oxygens (including phenoxy) is 1. The van der Waals surface area contributed by atoms with Gasteiger partial charge in [0.2, 0.25) is 0 Å². The Morgan fingerprint density at radius 2 is 1.41 bits per heavy atom. The molecule has 4 heteroatoms. The van der Waals surface area contributed by atoms with Gasteiger partial charge in [0.25, 0.3) is 0 Å². The van der Waals surface area contributed by atoms with Gasteiger partial charge in [-0.25, -0.2) is 9.97 Å². The van der Waals surface area contributed by atoms with E-state index in [1.165, 1.54) is 0 Å². The first-order valence-electron chi connectivity index (χ1n) is 7.09. The molecule has 0 atom stereocenters. The van der Waals surface area contributed by atoms with Crippen molar-refractivity contribution in [3.8, 4) is 5.75 Å². The summed E-state index contributed by atoms with van der Waals surface area (Å²) in [6.45, 7) is 0.692. The van der Waals surface area contributed by atoms with Gasteiger partial charge in [-0.15, -0.1) is 0 Å². The molecule has 0 aliphatic carbocycles. The Bertz CT molecular complexity index is 660. The Morgan fingerprint density at radius 1 is 0.818 bits per heavy atom. The Labute approximate surface area is 130 Å². The number of benzene rings is 1. The van der Waals surface area contributed by atoms with Crippen molar-refractivity contribution in [1.29, 1.82) is 0 Å². The van der Waals surface area contributed by atoms with E-state index in [0.717, 1.165) is 22.9 Å². The SMILES string of the molecule is COc1ccc(CN(c2ccccn2)c2ccccn2)cc1. The Morgan fingerprint density at radius 3 is 1.86 bits per heavy atom. The molecule has 3 rings (SSSR count). The Kier molecular flexibility index (Phi) is 4.30. The lowest BCUT2D eigenvalue weighted by Gasteiger charge is -2.22. The van der Waals surface area contributed by atoms with Crippen LogP contribution in [-0.2, 0) is 6.54 Å². The summed E-state index contributed by atoms with van der Waals surface area (Å²) >= 11 is 0. The number of hydrogen-bond donors (Lipinski definition) is 0. The lowest BCUT2D eigenvalue weighted by atomic mass is 10.2. The summed E-state index contributed by atoms with van der Waals surface area (Å²) in [5, 5.41) is 0. The molecule has 4 nitrogen and oxygen atoms in total. The minimum Gasteiger partial charge on any atom is -0.497 e. The van der Waals surface area contributed by atoms with Crippen LogP contribution in [0.15, 0.2) is 73.1 Å². The summed E-state index contributed by atoms with van der Waals surface area (Å²) in [4.78, 5) is 11.0. The molecule has 0 saturated carbocycles. The second kappa shape index (κ2) is 6.72. The van der Waals surface area contributed by atoms with E-state index in [0.29, 0.717) is 6.54 Å². The van der Waals surface area contributed by atoms with Gasteiger partial charge in [-0.1, -0.05) is 24.3 Å². The van der Waals surface area contributed by atoms with Gasteiger partial charge in [0.15, 0.2) is 0 Å². The van der Waals surface area contributed by atoms with Crippen molar-refractivity contribution in [1.82, 2.24) is 9.97 Å². The van der Waals surface area contributed by atoms with Crippen LogP contribution in [0, 0.1) is 0 Å². The molecule has 0 N–H and O–H groups in total. The molecule has 1 aromatic carbocycles. The van der Waals surface area contributed by atoms with Crippen LogP contribution >= 0.6 is 0 Å². The Balaban J connectivity index is 1.91. The predicted octanol–water partition coefficient (Wildman–Crippen LogP) is 3.82. The van der Waals surface area contributed by atoms with Crippen LogP contribution in [0.25, 0.3) is 0 Å². The third-order valence-electron chi connectivity index (χ3n) is 3.35. The third kappa shape index (κ3) is 3.23. The standard InChI is InChI=1S/C18H17N3O/c1-22-16-10-8-15(9-11-16)14-21(17-6-2-4-12-19-17)18-7-3-5-13-20-18/h2-13H,14H2,1H3. The molecule has 3 aromatic rings. The maximum atomic E-state index is 5.21. The van der Waals surface area contributed by atoms with Gasteiger partial charge in [-0.3, -0.25) is 0 Å². The van der Waals surface area contributed by atoms with Crippen LogP contribution in [0.1, 0.15) is 5.56 Å². The van der Waals surface area contributed by atoms with Gasteiger partial charge < -0.3 is 9.64 Å². The van der Waals surface area contributed by atoms with Gasteiger partial charge in [0.05, 0.1) is 13.7 Å². The van der Waals surface area contributed by atoms with E-state index in [4.69, 9.17) is 4.74 Å². The summed E-state index contributed by atoms with van der Waals surface area (Å²) in [7, 11) is 1.67. The fraction of sp³-hybridized carbons (Fsp3) is 0.111. The molecular weight excluding hydrogens is 274 g/mol. The topological polar surface area (TPSA) is 38.2 Å². The molecule has 0 amide bonds. The molecule has 0 aliphatic heterocycles. The number of aromatic nitrogens is 2. The highest BCUT2D eigenvalue weighted by molar-refractivity contribution is 5.55. The lowest BCUT2D eigenvalue weighted by molar-refractivity contribution is 0.414. The molecule has 22 heavy (non-hydrogen) atoms. The highest BCUT2D eigenvalue weighted by Crippen LogP contribution is 2.24. The van der Waals surface area contributed by atoms with E-state index >= 15 is 0 Å². The van der Waals surface area contributed by atoms with Gasteiger partial charge in [-0.2, -0.15) is 0 Å². The number of hydrogen-bond acceptors (Lipinski definition) is 4. The first kappa shape index (κ1) is 14.1. The molecule has 0 radical (unpaired) electrons. The average molecular weight is 291 g/mol. The number of methoxy groups -OCH3 is 1. The van der Waals surface area contributed by atoms with Gasteiger partial charge >= 0.3 is 0 Å². The maximum absolute atomic E-state index is 5.21. The second-order valence-electron chi connectivity index (χ2n) is 4.81. The van der Waals surface area contributed by atoms with Crippen LogP contribution in [0.3, 0.4) is 0 Å². The van der Waals surface area contributed by atoms with Crippen LogP contribution in [-0.4, -0.2) is 17.1 Å². The van der Waals surface area contributed by atoms with E-state index < -0.39 is 0 Å². The normalized spacial score (nSPS) is 10.2. The van der Waals surface area contributed by atoms with Crippen LogP contribution in [0.4, 0.5) is 11.6 Å². The number of pyridine rings is 2. The first-order valence-corrected chi connectivity index (χ1v) is 7.09. The zero-order valence-corrected chi connectivity index (χ0v) is 12.4. The summed E-state index contributed by atoms with van der Waals surface area (Å²) < 4.78 is 5.21. The van der Waals surface area contributed by atoms with Gasteiger partial charge in [-0.05, 0) is 42.0 Å². The van der Waals surface area contributed by atoms with E-state index in [2.05, 4.69) is 27.0 Å². The molecule has 0 aliphatic rings. The largest absolute Gasteiger partial charge is 0.497 e. The van der Waals surface area contributed by atoms with Crippen molar-refractivity contribution in [2.75, 3.05) is 12.0 Å². The molecule has 2 aromatic heterocycles. The van der Waals surface area contributed by atoms with Crippen molar-refractivity contribution in [2.24, 2.45) is 0 Å². The van der Waals surface area contributed by atoms with Crippen LogP contribution < -0.4 is 9.64 Å². The minimum absolute atomic E-state index is 0.692. The zero-order valence-electron chi connectivity index (χ0n) is 12.4. The summed E-state index contributed by atoms with van der Waals surface area (Å²) in [5.41, 5.74) is 1.16. The molecule has 0 saturated heterocycles. The maximum Gasteiger partial charge on any atom is 0.134 e. The molecule has 0 spiro atoms. The highest BCUT2D eigenvalue weighted by Gasteiger charge is 2.12. The van der Waals surface area contributed by atoms with Crippen LogP contribution in [0.5, 0.6) is 5.75 Å². The first-order chi connectivity index (χ1) is 10.9.